The Morgan fingerprint density at radius 1 is 0.723 bits per heavy atom. The Morgan fingerprint density at radius 3 is 1.77 bits per heavy atom. The minimum Gasteiger partial charge on any atom is -0.480 e. The number of phosphoric acid groups is 1. The summed E-state index contributed by atoms with van der Waals surface area (Å²) in [4.78, 5) is 25.2. The number of hydrogen-bond donors (Lipinski definition) is 2. The summed E-state index contributed by atoms with van der Waals surface area (Å²) in [6.45, 7) is 2.28. The molecule has 1 unspecified atom stereocenters. The van der Waals surface area contributed by atoms with E-state index in [4.69, 9.17) is 18.3 Å². The maximum atomic E-state index is 13.6. The molecule has 2 atom stereocenters. The third kappa shape index (κ3) is 16.1. The molecule has 1 amide bonds. The number of phosphoric ester groups is 1. The van der Waals surface area contributed by atoms with Crippen molar-refractivity contribution in [1.82, 2.24) is 5.32 Å². The van der Waals surface area contributed by atoms with Gasteiger partial charge >= 0.3 is 13.8 Å². The zero-order valence-electron chi connectivity index (χ0n) is 27.5. The third-order valence-corrected chi connectivity index (χ3v) is 8.95. The molecule has 0 aliphatic carbocycles. The Morgan fingerprint density at radius 2 is 1.23 bits per heavy atom. The summed E-state index contributed by atoms with van der Waals surface area (Å²) >= 11 is 0. The molecule has 0 aliphatic rings. The molecule has 256 valence electrons. The van der Waals surface area contributed by atoms with E-state index >= 15 is 0 Å². The molecule has 3 aromatic rings. The van der Waals surface area contributed by atoms with Gasteiger partial charge in [-0.2, -0.15) is 0 Å². The monoisotopic (exact) mass is 667 g/mol. The van der Waals surface area contributed by atoms with E-state index in [1.165, 1.54) is 38.5 Å². The zero-order valence-corrected chi connectivity index (χ0v) is 28.4. The van der Waals surface area contributed by atoms with Crippen LogP contribution in [0.3, 0.4) is 0 Å². The number of carboxylic acids is 1. The minimum absolute atomic E-state index is 0.0290. The quantitative estimate of drug-likeness (QED) is 0.0678. The summed E-state index contributed by atoms with van der Waals surface area (Å²) in [6.07, 6.45) is 10.9. The molecule has 0 aliphatic heterocycles. The number of hydrogen-bond acceptors (Lipinski definition) is 7. The van der Waals surface area contributed by atoms with Crippen molar-refractivity contribution in [3.63, 3.8) is 0 Å². The van der Waals surface area contributed by atoms with Crippen molar-refractivity contribution < 1.29 is 37.6 Å². The number of ether oxygens (including phenoxy) is 1. The van der Waals surface area contributed by atoms with Crippen LogP contribution in [0, 0.1) is 0 Å². The molecular formula is C37H50NO8P. The van der Waals surface area contributed by atoms with Gasteiger partial charge in [-0.25, -0.2) is 9.36 Å². The van der Waals surface area contributed by atoms with Crippen molar-refractivity contribution in [1.29, 1.82) is 0 Å². The van der Waals surface area contributed by atoms with E-state index in [2.05, 4.69) is 12.2 Å². The lowest BCUT2D eigenvalue weighted by Crippen LogP contribution is -2.42. The lowest BCUT2D eigenvalue weighted by molar-refractivity contribution is -0.142. The van der Waals surface area contributed by atoms with Crippen molar-refractivity contribution >= 4 is 19.7 Å². The summed E-state index contributed by atoms with van der Waals surface area (Å²) in [5.74, 6) is -1.13. The molecule has 47 heavy (non-hydrogen) atoms. The lowest BCUT2D eigenvalue weighted by Gasteiger charge is -2.21. The highest BCUT2D eigenvalue weighted by molar-refractivity contribution is 7.49. The number of nitrogens with one attached hydrogen (secondary N) is 1. The molecule has 0 saturated carbocycles. The molecule has 0 fully saturated rings. The van der Waals surface area contributed by atoms with Gasteiger partial charge in [0.25, 0.3) is 0 Å². The molecule has 0 spiro atoms. The van der Waals surface area contributed by atoms with E-state index in [1.54, 1.807) is 60.7 Å². The summed E-state index contributed by atoms with van der Waals surface area (Å²) < 4.78 is 36.4. The first-order valence-corrected chi connectivity index (χ1v) is 18.2. The first kappa shape index (κ1) is 37.8. The fraction of sp³-hybridized carbons (Fsp3) is 0.459. The van der Waals surface area contributed by atoms with Crippen LogP contribution < -0.4 is 14.4 Å². The zero-order chi connectivity index (χ0) is 33.6. The van der Waals surface area contributed by atoms with Gasteiger partial charge in [-0.05, 0) is 36.2 Å². The highest BCUT2D eigenvalue weighted by Gasteiger charge is 2.32. The SMILES string of the molecule is CCCCCCCCCCC[C@H](CC(=O)NC(CCOP(=O)(Oc1ccccc1)Oc1ccccc1)C(=O)O)OCc1ccccc1. The molecule has 0 saturated heterocycles. The van der Waals surface area contributed by atoms with Crippen molar-refractivity contribution in [3.05, 3.63) is 96.6 Å². The van der Waals surface area contributed by atoms with Crippen molar-refractivity contribution in [2.45, 2.75) is 103 Å². The minimum atomic E-state index is -4.20. The summed E-state index contributed by atoms with van der Waals surface area (Å²) in [5, 5.41) is 12.5. The Bertz CT molecular complexity index is 1280. The van der Waals surface area contributed by atoms with E-state index in [1.807, 2.05) is 30.3 Å². The van der Waals surface area contributed by atoms with E-state index < -0.39 is 25.7 Å². The number of carbonyl (C=O) groups is 2. The lowest BCUT2D eigenvalue weighted by atomic mass is 10.0. The fourth-order valence-electron chi connectivity index (χ4n) is 5.01. The van der Waals surface area contributed by atoms with Crippen LogP contribution in [0.15, 0.2) is 91.0 Å². The highest BCUT2D eigenvalue weighted by Crippen LogP contribution is 2.49. The van der Waals surface area contributed by atoms with Crippen LogP contribution in [0.2, 0.25) is 0 Å². The van der Waals surface area contributed by atoms with Crippen LogP contribution in [0.5, 0.6) is 11.5 Å². The number of para-hydroxylation sites is 2. The predicted molar refractivity (Wildman–Crippen MR) is 183 cm³/mol. The number of amides is 1. The van der Waals surface area contributed by atoms with Gasteiger partial charge in [0.05, 0.1) is 25.7 Å². The maximum absolute atomic E-state index is 13.6. The van der Waals surface area contributed by atoms with Gasteiger partial charge < -0.3 is 24.2 Å². The first-order chi connectivity index (χ1) is 22.9. The Labute approximate surface area is 279 Å². The summed E-state index contributed by atoms with van der Waals surface area (Å²) in [5.41, 5.74) is 1.01. The average Bonchev–Trinajstić information content (AvgIpc) is 3.07. The fourth-order valence-corrected chi connectivity index (χ4v) is 6.24. The van der Waals surface area contributed by atoms with Crippen LogP contribution in [-0.4, -0.2) is 35.7 Å². The van der Waals surface area contributed by atoms with Gasteiger partial charge in [-0.3, -0.25) is 9.32 Å². The molecule has 2 N–H and O–H groups in total. The van der Waals surface area contributed by atoms with E-state index in [-0.39, 0.29) is 37.1 Å². The normalized spacial score (nSPS) is 12.6. The second-order valence-corrected chi connectivity index (χ2v) is 13.1. The van der Waals surface area contributed by atoms with E-state index in [9.17, 15) is 19.3 Å². The van der Waals surface area contributed by atoms with Gasteiger partial charge in [0.15, 0.2) is 0 Å². The third-order valence-electron chi connectivity index (χ3n) is 7.58. The van der Waals surface area contributed by atoms with Gasteiger partial charge in [-0.1, -0.05) is 131 Å². The van der Waals surface area contributed by atoms with Crippen LogP contribution in [0.1, 0.15) is 89.5 Å². The maximum Gasteiger partial charge on any atom is 0.587 e. The predicted octanol–water partition coefficient (Wildman–Crippen LogP) is 9.13. The van der Waals surface area contributed by atoms with Gasteiger partial charge in [0.1, 0.15) is 17.5 Å². The Kier molecular flexibility index (Phi) is 17.7. The molecule has 3 aromatic carbocycles. The summed E-state index contributed by atoms with van der Waals surface area (Å²) in [6, 6.07) is 25.3. The van der Waals surface area contributed by atoms with Crippen molar-refractivity contribution in [2.75, 3.05) is 6.61 Å². The molecular weight excluding hydrogens is 617 g/mol. The molecule has 3 rings (SSSR count). The smallest absolute Gasteiger partial charge is 0.480 e. The standard InChI is InChI=1S/C37H50NO8P/c1-2-3-4-5-6-7-8-9-15-26-34(43-30-31-20-13-10-14-21-31)29-36(39)38-35(37(40)41)27-28-44-47(42,45-32-22-16-11-17-23-32)46-33-24-18-12-19-25-33/h10-14,16-25,34-35H,2-9,15,26-30H2,1H3,(H,38,39)(H,40,41)/t34-,35?/m1/s1. The molecule has 0 heterocycles. The number of carboxylic acid groups (broad SMARTS) is 1. The average molecular weight is 668 g/mol. The van der Waals surface area contributed by atoms with Gasteiger partial charge in [0.2, 0.25) is 5.91 Å². The molecule has 0 radical (unpaired) electrons. The Balaban J connectivity index is 1.53. The molecule has 9 nitrogen and oxygen atoms in total. The van der Waals surface area contributed by atoms with Crippen LogP contribution in [-0.2, 0) is 30.0 Å². The molecule has 0 bridgehead atoms. The molecule has 0 aromatic heterocycles. The van der Waals surface area contributed by atoms with Crippen LogP contribution in [0.25, 0.3) is 0 Å². The number of benzene rings is 3. The highest BCUT2D eigenvalue weighted by atomic mass is 31.2. The van der Waals surface area contributed by atoms with Crippen molar-refractivity contribution in [2.24, 2.45) is 0 Å². The number of aliphatic carboxylic acids is 1. The molecule has 10 heteroatoms. The van der Waals surface area contributed by atoms with Crippen molar-refractivity contribution in [3.8, 4) is 11.5 Å². The van der Waals surface area contributed by atoms with E-state index in [0.29, 0.717) is 13.0 Å². The van der Waals surface area contributed by atoms with Crippen LogP contribution >= 0.6 is 7.82 Å². The second kappa shape index (κ2) is 22.0. The topological polar surface area (TPSA) is 120 Å². The number of unbranched alkanes of at least 4 members (excludes halogenated alkanes) is 8. The van der Waals surface area contributed by atoms with Gasteiger partial charge in [-0.15, -0.1) is 0 Å². The van der Waals surface area contributed by atoms with Gasteiger partial charge in [0, 0.05) is 6.42 Å². The Hall–Kier alpha value is -3.65. The first-order valence-electron chi connectivity index (χ1n) is 16.8. The number of carbonyl (C=O) groups excluding carboxylic acids is 1. The second-order valence-electron chi connectivity index (χ2n) is 11.6. The van der Waals surface area contributed by atoms with E-state index in [0.717, 1.165) is 24.8 Å². The largest absolute Gasteiger partial charge is 0.587 e. The number of rotatable bonds is 25. The van der Waals surface area contributed by atoms with Crippen LogP contribution in [0.4, 0.5) is 0 Å². The summed E-state index contributed by atoms with van der Waals surface area (Å²) in [7, 11) is -4.20.